The molecular weight excluding hydrogens is 333 g/mol. The highest BCUT2D eigenvalue weighted by Gasteiger charge is 2.51. The summed E-state index contributed by atoms with van der Waals surface area (Å²) < 4.78 is 45.6. The lowest BCUT2D eigenvalue weighted by molar-refractivity contribution is -0.210. The minimum atomic E-state index is -3.57. The van der Waals surface area contributed by atoms with E-state index in [4.69, 9.17) is 4.74 Å². The smallest absolute Gasteiger partial charge is 0.314 e. The van der Waals surface area contributed by atoms with E-state index >= 15 is 0 Å². The molecule has 1 aromatic rings. The zero-order chi connectivity index (χ0) is 17.6. The van der Waals surface area contributed by atoms with Crippen molar-refractivity contribution in [2.75, 3.05) is 13.1 Å². The molecule has 7 heteroatoms. The highest BCUT2D eigenvalue weighted by Crippen LogP contribution is 2.45. The Morgan fingerprint density at radius 3 is 2.21 bits per heavy atom. The van der Waals surface area contributed by atoms with Crippen LogP contribution in [0.1, 0.15) is 38.2 Å². The van der Waals surface area contributed by atoms with Gasteiger partial charge in [0.2, 0.25) is 15.9 Å². The quantitative estimate of drug-likeness (QED) is 0.765. The van der Waals surface area contributed by atoms with Gasteiger partial charge in [-0.1, -0.05) is 17.7 Å². The van der Waals surface area contributed by atoms with Gasteiger partial charge in [0, 0.05) is 26.4 Å². The third-order valence-electron chi connectivity index (χ3n) is 5.13. The fourth-order valence-corrected chi connectivity index (χ4v) is 4.83. The van der Waals surface area contributed by atoms with Crippen molar-refractivity contribution in [2.24, 2.45) is 5.41 Å². The number of sulfonamides is 1. The van der Waals surface area contributed by atoms with Crippen molar-refractivity contribution >= 4 is 16.0 Å². The van der Waals surface area contributed by atoms with E-state index in [0.29, 0.717) is 19.3 Å². The summed E-state index contributed by atoms with van der Waals surface area (Å²) in [4.78, 5) is 12.5. The Balaban J connectivity index is 1.73. The van der Waals surface area contributed by atoms with Crippen LogP contribution in [0.2, 0.25) is 0 Å². The van der Waals surface area contributed by atoms with Crippen molar-refractivity contribution in [1.29, 1.82) is 0 Å². The zero-order valence-corrected chi connectivity index (χ0v) is 14.7. The van der Waals surface area contributed by atoms with E-state index < -0.39 is 27.3 Å². The summed E-state index contributed by atoms with van der Waals surface area (Å²) in [6.45, 7) is 3.64. The molecule has 132 valence electrons. The largest absolute Gasteiger partial charge is 0.428 e. The van der Waals surface area contributed by atoms with Gasteiger partial charge in [0.25, 0.3) is 0 Å². The molecule has 2 saturated heterocycles. The Morgan fingerprint density at radius 2 is 1.67 bits per heavy atom. The molecule has 2 aliphatic rings. The third-order valence-corrected chi connectivity index (χ3v) is 7.04. The molecule has 0 amide bonds. The molecule has 1 spiro atoms. The SMILES string of the molecule is Cc1ccc(S(=O)(=O)N2CCC3(CC2)CCC(C)(F)OC3=O)cc1. The van der Waals surface area contributed by atoms with Gasteiger partial charge in [-0.05, 0) is 38.3 Å². The second-order valence-electron chi connectivity index (χ2n) is 6.99. The molecule has 1 aromatic carbocycles. The van der Waals surface area contributed by atoms with Gasteiger partial charge >= 0.3 is 5.97 Å². The van der Waals surface area contributed by atoms with Crippen LogP contribution >= 0.6 is 0 Å². The summed E-state index contributed by atoms with van der Waals surface area (Å²) in [7, 11) is -3.57. The molecule has 24 heavy (non-hydrogen) atoms. The first-order valence-corrected chi connectivity index (χ1v) is 9.58. The molecule has 0 bridgehead atoms. The van der Waals surface area contributed by atoms with Crippen molar-refractivity contribution in [2.45, 2.75) is 50.3 Å². The fourth-order valence-electron chi connectivity index (χ4n) is 3.39. The number of halogens is 1. The maximum atomic E-state index is 13.8. The number of nitrogens with zero attached hydrogens (tertiary/aromatic N) is 1. The van der Waals surface area contributed by atoms with Gasteiger partial charge in [-0.15, -0.1) is 0 Å². The van der Waals surface area contributed by atoms with E-state index in [1.54, 1.807) is 24.3 Å². The standard InChI is InChI=1S/C17H22FNO4S/c1-13-3-5-14(6-4-13)24(21,22)19-11-9-17(10-12-19)8-7-16(2,18)23-15(17)20/h3-6H,7-12H2,1-2H3. The van der Waals surface area contributed by atoms with Gasteiger partial charge < -0.3 is 4.74 Å². The van der Waals surface area contributed by atoms with Crippen LogP contribution in [0.5, 0.6) is 0 Å². The van der Waals surface area contributed by atoms with E-state index in [-0.39, 0.29) is 24.4 Å². The Labute approximate surface area is 141 Å². The average molecular weight is 355 g/mol. The molecule has 1 unspecified atom stereocenters. The molecule has 3 rings (SSSR count). The number of hydrogen-bond donors (Lipinski definition) is 0. The predicted octanol–water partition coefficient (Wildman–Crippen LogP) is 2.79. The van der Waals surface area contributed by atoms with Gasteiger partial charge in [-0.25, -0.2) is 8.42 Å². The van der Waals surface area contributed by atoms with Gasteiger partial charge in [0.15, 0.2) is 0 Å². The molecule has 0 saturated carbocycles. The minimum absolute atomic E-state index is 0.156. The van der Waals surface area contributed by atoms with E-state index in [1.807, 2.05) is 6.92 Å². The molecule has 2 heterocycles. The number of ether oxygens (including phenoxy) is 1. The maximum absolute atomic E-state index is 13.8. The van der Waals surface area contributed by atoms with Gasteiger partial charge in [0.1, 0.15) is 0 Å². The summed E-state index contributed by atoms with van der Waals surface area (Å²) in [6.07, 6.45) is 1.29. The molecule has 0 aromatic heterocycles. The summed E-state index contributed by atoms with van der Waals surface area (Å²) in [5.74, 6) is -2.45. The first-order chi connectivity index (χ1) is 11.1. The number of piperidine rings is 1. The normalized spacial score (nSPS) is 27.9. The molecule has 2 fully saturated rings. The lowest BCUT2D eigenvalue weighted by atomic mass is 9.73. The van der Waals surface area contributed by atoms with Crippen LogP contribution in [0.4, 0.5) is 4.39 Å². The van der Waals surface area contributed by atoms with Gasteiger partial charge in [0.05, 0.1) is 10.3 Å². The van der Waals surface area contributed by atoms with Crippen molar-refractivity contribution in [1.82, 2.24) is 4.31 Å². The molecular formula is C17H22FNO4S. The molecule has 1 atom stereocenters. The number of carbonyl (C=O) groups is 1. The molecule has 0 aliphatic carbocycles. The minimum Gasteiger partial charge on any atom is -0.428 e. The Morgan fingerprint density at radius 1 is 1.08 bits per heavy atom. The lowest BCUT2D eigenvalue weighted by Crippen LogP contribution is -2.51. The monoisotopic (exact) mass is 355 g/mol. The van der Waals surface area contributed by atoms with Crippen molar-refractivity contribution < 1.29 is 22.3 Å². The van der Waals surface area contributed by atoms with Crippen molar-refractivity contribution in [3.63, 3.8) is 0 Å². The van der Waals surface area contributed by atoms with Crippen LogP contribution in [-0.2, 0) is 19.6 Å². The first kappa shape index (κ1) is 17.4. The number of hydrogen-bond acceptors (Lipinski definition) is 4. The predicted molar refractivity (Wildman–Crippen MR) is 86.4 cm³/mol. The Kier molecular flexibility index (Phi) is 4.20. The highest BCUT2D eigenvalue weighted by atomic mass is 32.2. The van der Waals surface area contributed by atoms with Crippen LogP contribution in [-0.4, -0.2) is 37.6 Å². The first-order valence-electron chi connectivity index (χ1n) is 8.14. The van der Waals surface area contributed by atoms with Crippen molar-refractivity contribution in [3.8, 4) is 0 Å². The number of alkyl halides is 1. The number of aryl methyl sites for hydroxylation is 1. The Hall–Kier alpha value is -1.47. The number of benzene rings is 1. The topological polar surface area (TPSA) is 63.7 Å². The molecule has 2 aliphatic heterocycles. The highest BCUT2D eigenvalue weighted by molar-refractivity contribution is 7.89. The second-order valence-corrected chi connectivity index (χ2v) is 8.93. The zero-order valence-electron chi connectivity index (χ0n) is 13.9. The third kappa shape index (κ3) is 3.07. The number of carbonyl (C=O) groups excluding carboxylic acids is 1. The van der Waals surface area contributed by atoms with E-state index in [9.17, 15) is 17.6 Å². The maximum Gasteiger partial charge on any atom is 0.314 e. The van der Waals surface area contributed by atoms with E-state index in [2.05, 4.69) is 0 Å². The average Bonchev–Trinajstić information content (AvgIpc) is 2.52. The van der Waals surface area contributed by atoms with Crippen LogP contribution < -0.4 is 0 Å². The summed E-state index contributed by atoms with van der Waals surface area (Å²) in [6, 6.07) is 6.72. The summed E-state index contributed by atoms with van der Waals surface area (Å²) in [5, 5.41) is 0. The Bertz CT molecular complexity index is 734. The second kappa shape index (κ2) is 5.81. The number of esters is 1. The van der Waals surface area contributed by atoms with Crippen LogP contribution in [0.15, 0.2) is 29.2 Å². The van der Waals surface area contributed by atoms with E-state index in [0.717, 1.165) is 5.56 Å². The lowest BCUT2D eigenvalue weighted by Gasteiger charge is -2.44. The molecule has 5 nitrogen and oxygen atoms in total. The van der Waals surface area contributed by atoms with Gasteiger partial charge in [-0.2, -0.15) is 8.70 Å². The van der Waals surface area contributed by atoms with Crippen LogP contribution in [0, 0.1) is 12.3 Å². The summed E-state index contributed by atoms with van der Waals surface area (Å²) in [5.41, 5.74) is 0.246. The van der Waals surface area contributed by atoms with Gasteiger partial charge in [-0.3, -0.25) is 4.79 Å². The van der Waals surface area contributed by atoms with Crippen LogP contribution in [0.25, 0.3) is 0 Å². The van der Waals surface area contributed by atoms with E-state index in [1.165, 1.54) is 11.2 Å². The van der Waals surface area contributed by atoms with Crippen LogP contribution in [0.3, 0.4) is 0 Å². The number of cyclic esters (lactones) is 1. The fraction of sp³-hybridized carbons (Fsp3) is 0.588. The number of rotatable bonds is 2. The molecule has 0 radical (unpaired) electrons. The molecule has 0 N–H and O–H groups in total. The van der Waals surface area contributed by atoms with Crippen molar-refractivity contribution in [3.05, 3.63) is 29.8 Å². The summed E-state index contributed by atoms with van der Waals surface area (Å²) >= 11 is 0.